The van der Waals surface area contributed by atoms with E-state index in [1.807, 2.05) is 42.5 Å². The summed E-state index contributed by atoms with van der Waals surface area (Å²) in [6.07, 6.45) is 4.13. The van der Waals surface area contributed by atoms with Crippen molar-refractivity contribution >= 4 is 29.3 Å². The van der Waals surface area contributed by atoms with Gasteiger partial charge < -0.3 is 18.9 Å². The molecule has 0 aliphatic carbocycles. The van der Waals surface area contributed by atoms with Crippen LogP contribution in [-0.2, 0) is 35.5 Å². The SMILES string of the molecule is CCCCOCCCn1c(-c2ccc(Cl)cc2Cl)nc2c1CCN(C(=O)OCc1ccccc1)CC2. The number of halogens is 2. The van der Waals surface area contributed by atoms with Crippen LogP contribution in [0.2, 0.25) is 10.0 Å². The molecule has 0 bridgehead atoms. The third-order valence-electron chi connectivity index (χ3n) is 6.34. The maximum Gasteiger partial charge on any atom is 0.410 e. The first-order valence-corrected chi connectivity index (χ1v) is 13.4. The van der Waals surface area contributed by atoms with E-state index in [1.54, 1.807) is 11.0 Å². The average Bonchev–Trinajstić information content (AvgIpc) is 3.07. The maximum atomic E-state index is 12.8. The Bertz CT molecular complexity index is 1150. The lowest BCUT2D eigenvalue weighted by atomic mass is 10.2. The Morgan fingerprint density at radius 2 is 1.81 bits per heavy atom. The summed E-state index contributed by atoms with van der Waals surface area (Å²) in [5.41, 5.74) is 3.98. The Balaban J connectivity index is 1.48. The molecule has 192 valence electrons. The van der Waals surface area contributed by atoms with E-state index in [4.69, 9.17) is 37.7 Å². The summed E-state index contributed by atoms with van der Waals surface area (Å²) < 4.78 is 13.6. The fourth-order valence-corrected chi connectivity index (χ4v) is 4.89. The highest BCUT2D eigenvalue weighted by Gasteiger charge is 2.26. The summed E-state index contributed by atoms with van der Waals surface area (Å²) in [5, 5.41) is 1.17. The lowest BCUT2D eigenvalue weighted by Crippen LogP contribution is -2.34. The van der Waals surface area contributed by atoms with Gasteiger partial charge in [0.25, 0.3) is 0 Å². The number of aromatic nitrogens is 2. The van der Waals surface area contributed by atoms with Gasteiger partial charge in [-0.15, -0.1) is 0 Å². The van der Waals surface area contributed by atoms with Crippen LogP contribution in [-0.4, -0.2) is 46.8 Å². The van der Waals surface area contributed by atoms with Crippen molar-refractivity contribution in [3.63, 3.8) is 0 Å². The van der Waals surface area contributed by atoms with Gasteiger partial charge >= 0.3 is 6.09 Å². The quantitative estimate of drug-likeness (QED) is 0.271. The molecule has 0 atom stereocenters. The number of hydrogen-bond donors (Lipinski definition) is 0. The van der Waals surface area contributed by atoms with E-state index in [0.717, 1.165) is 60.8 Å². The highest BCUT2D eigenvalue weighted by atomic mass is 35.5. The highest BCUT2D eigenvalue weighted by molar-refractivity contribution is 6.36. The zero-order chi connectivity index (χ0) is 25.3. The number of imidazole rings is 1. The molecule has 0 unspecified atom stereocenters. The summed E-state index contributed by atoms with van der Waals surface area (Å²) in [7, 11) is 0. The second-order valence-corrected chi connectivity index (χ2v) is 9.79. The van der Waals surface area contributed by atoms with Gasteiger partial charge in [-0.05, 0) is 36.6 Å². The van der Waals surface area contributed by atoms with Crippen LogP contribution in [0.15, 0.2) is 48.5 Å². The molecule has 0 saturated heterocycles. The Morgan fingerprint density at radius 1 is 1.03 bits per heavy atom. The Morgan fingerprint density at radius 3 is 2.58 bits per heavy atom. The topological polar surface area (TPSA) is 56.6 Å². The molecule has 0 N–H and O–H groups in total. The Labute approximate surface area is 223 Å². The number of benzene rings is 2. The van der Waals surface area contributed by atoms with Gasteiger partial charge in [-0.2, -0.15) is 0 Å². The highest BCUT2D eigenvalue weighted by Crippen LogP contribution is 2.32. The minimum atomic E-state index is -0.291. The van der Waals surface area contributed by atoms with Gasteiger partial charge in [0.05, 0.1) is 10.7 Å². The molecule has 3 aromatic rings. The van der Waals surface area contributed by atoms with Crippen molar-refractivity contribution in [2.24, 2.45) is 0 Å². The van der Waals surface area contributed by atoms with Crippen molar-refractivity contribution in [3.05, 3.63) is 75.5 Å². The summed E-state index contributed by atoms with van der Waals surface area (Å²) in [5.74, 6) is 0.843. The van der Waals surface area contributed by atoms with E-state index in [2.05, 4.69) is 11.5 Å². The predicted molar refractivity (Wildman–Crippen MR) is 144 cm³/mol. The van der Waals surface area contributed by atoms with Crippen LogP contribution < -0.4 is 0 Å². The van der Waals surface area contributed by atoms with E-state index in [-0.39, 0.29) is 12.7 Å². The van der Waals surface area contributed by atoms with Gasteiger partial charge in [-0.1, -0.05) is 66.9 Å². The van der Waals surface area contributed by atoms with Crippen LogP contribution in [0, 0.1) is 0 Å². The molecule has 36 heavy (non-hydrogen) atoms. The number of ether oxygens (including phenoxy) is 2. The number of fused-ring (bicyclic) bond motifs is 1. The number of nitrogens with zero attached hydrogens (tertiary/aromatic N) is 3. The van der Waals surface area contributed by atoms with Gasteiger partial charge in [0, 0.05) is 62.0 Å². The minimum Gasteiger partial charge on any atom is -0.445 e. The molecule has 4 rings (SSSR count). The van der Waals surface area contributed by atoms with Crippen LogP contribution in [0.1, 0.15) is 43.1 Å². The van der Waals surface area contributed by atoms with E-state index in [0.29, 0.717) is 42.6 Å². The van der Waals surface area contributed by atoms with Gasteiger partial charge in [0.15, 0.2) is 0 Å². The summed E-state index contributed by atoms with van der Waals surface area (Å²) in [6.45, 7) is 5.81. The lowest BCUT2D eigenvalue weighted by Gasteiger charge is -2.20. The first-order chi connectivity index (χ1) is 17.6. The molecule has 1 aliphatic rings. The first kappa shape index (κ1) is 26.5. The van der Waals surface area contributed by atoms with E-state index >= 15 is 0 Å². The molecular formula is C28H33Cl2N3O3. The lowest BCUT2D eigenvalue weighted by molar-refractivity contribution is 0.0976. The monoisotopic (exact) mass is 529 g/mol. The average molecular weight is 530 g/mol. The molecule has 8 heteroatoms. The van der Waals surface area contributed by atoms with Crippen LogP contribution in [0.25, 0.3) is 11.4 Å². The number of rotatable bonds is 10. The summed E-state index contributed by atoms with van der Waals surface area (Å²) in [6, 6.07) is 15.2. The fourth-order valence-electron chi connectivity index (χ4n) is 4.39. The fraction of sp³-hybridized carbons (Fsp3) is 0.429. The van der Waals surface area contributed by atoms with E-state index in [1.165, 1.54) is 0 Å². The third-order valence-corrected chi connectivity index (χ3v) is 6.89. The number of carbonyl (C=O) groups excluding carboxylic acids is 1. The molecule has 0 saturated carbocycles. The minimum absolute atomic E-state index is 0.269. The summed E-state index contributed by atoms with van der Waals surface area (Å²) >= 11 is 12.7. The third kappa shape index (κ3) is 6.81. The van der Waals surface area contributed by atoms with Gasteiger partial charge in [-0.25, -0.2) is 9.78 Å². The standard InChI is InChI=1S/C28H33Cl2N3O3/c1-2-3-17-35-18-7-14-33-26-13-16-32(28(34)36-20-21-8-5-4-6-9-21)15-12-25(26)31-27(33)23-11-10-22(29)19-24(23)30/h4-6,8-11,19H,2-3,7,12-18,20H2,1H3. The molecular weight excluding hydrogens is 497 g/mol. The zero-order valence-electron chi connectivity index (χ0n) is 20.7. The maximum absolute atomic E-state index is 12.8. The molecule has 0 spiro atoms. The van der Waals surface area contributed by atoms with Gasteiger partial charge in [0.1, 0.15) is 12.4 Å². The number of carbonyl (C=O) groups is 1. The van der Waals surface area contributed by atoms with Crippen molar-refractivity contribution in [1.29, 1.82) is 0 Å². The number of hydrogen-bond acceptors (Lipinski definition) is 4. The van der Waals surface area contributed by atoms with Gasteiger partial charge in [-0.3, -0.25) is 0 Å². The van der Waals surface area contributed by atoms with Crippen LogP contribution >= 0.6 is 23.2 Å². The van der Waals surface area contributed by atoms with Crippen molar-refractivity contribution in [2.45, 2.75) is 52.2 Å². The van der Waals surface area contributed by atoms with Crippen LogP contribution in [0.3, 0.4) is 0 Å². The molecule has 0 radical (unpaired) electrons. The van der Waals surface area contributed by atoms with E-state index in [9.17, 15) is 4.79 Å². The molecule has 1 aromatic heterocycles. The summed E-state index contributed by atoms with van der Waals surface area (Å²) in [4.78, 5) is 19.6. The van der Waals surface area contributed by atoms with Crippen LogP contribution in [0.4, 0.5) is 4.79 Å². The largest absolute Gasteiger partial charge is 0.445 e. The molecule has 6 nitrogen and oxygen atoms in total. The van der Waals surface area contributed by atoms with Crippen molar-refractivity contribution in [3.8, 4) is 11.4 Å². The first-order valence-electron chi connectivity index (χ1n) is 12.6. The van der Waals surface area contributed by atoms with Gasteiger partial charge in [0.2, 0.25) is 0 Å². The van der Waals surface area contributed by atoms with Crippen molar-refractivity contribution in [1.82, 2.24) is 14.5 Å². The molecule has 1 aliphatic heterocycles. The van der Waals surface area contributed by atoms with Crippen molar-refractivity contribution in [2.75, 3.05) is 26.3 Å². The number of unbranched alkanes of at least 4 members (excludes halogenated alkanes) is 1. The number of amides is 1. The Kier molecular flexibility index (Phi) is 9.67. The van der Waals surface area contributed by atoms with Crippen LogP contribution in [0.5, 0.6) is 0 Å². The molecule has 1 amide bonds. The molecule has 0 fully saturated rings. The molecule has 2 heterocycles. The molecule has 2 aromatic carbocycles. The normalized spacial score (nSPS) is 13.4. The second-order valence-electron chi connectivity index (χ2n) is 8.95. The van der Waals surface area contributed by atoms with E-state index < -0.39 is 0 Å². The van der Waals surface area contributed by atoms with Crippen molar-refractivity contribution < 1.29 is 14.3 Å². The Hall–Kier alpha value is -2.54. The predicted octanol–water partition coefficient (Wildman–Crippen LogP) is 6.80. The second kappa shape index (κ2) is 13.1. The zero-order valence-corrected chi connectivity index (χ0v) is 22.2. The smallest absolute Gasteiger partial charge is 0.410 e.